The van der Waals surface area contributed by atoms with Crippen LogP contribution >= 0.6 is 11.8 Å². The molecule has 0 bridgehead atoms. The van der Waals surface area contributed by atoms with Gasteiger partial charge in [0, 0.05) is 39.9 Å². The van der Waals surface area contributed by atoms with Gasteiger partial charge in [0.2, 0.25) is 0 Å². The van der Waals surface area contributed by atoms with Crippen molar-refractivity contribution in [3.05, 3.63) is 82.4 Å². The summed E-state index contributed by atoms with van der Waals surface area (Å²) in [6, 6.07) is -1.58. The molecule has 0 amide bonds. The van der Waals surface area contributed by atoms with Gasteiger partial charge in [0.05, 0.1) is 43.4 Å². The summed E-state index contributed by atoms with van der Waals surface area (Å²) < 4.78 is 0. The summed E-state index contributed by atoms with van der Waals surface area (Å²) in [7, 11) is 0. The van der Waals surface area contributed by atoms with Gasteiger partial charge in [0.25, 0.3) is 0 Å². The van der Waals surface area contributed by atoms with Gasteiger partial charge in [-0.3, -0.25) is 67.1 Å². The molecule has 95 heavy (non-hydrogen) atoms. The van der Waals surface area contributed by atoms with E-state index in [4.69, 9.17) is 5.11 Å². The number of carbonyl (C=O) groups excluding carboxylic acids is 14. The quantitative estimate of drug-likeness (QED) is 0.0268. The lowest BCUT2D eigenvalue weighted by Crippen LogP contribution is -2.39. The lowest BCUT2D eigenvalue weighted by Gasteiger charge is -2.23. The number of thioether (sulfide) groups is 1. The van der Waals surface area contributed by atoms with E-state index in [0.717, 1.165) is 59.2 Å². The van der Waals surface area contributed by atoms with Gasteiger partial charge in [-0.05, 0) is 237 Å². The van der Waals surface area contributed by atoms with E-state index in [9.17, 15) is 67.1 Å². The van der Waals surface area contributed by atoms with Crippen LogP contribution in [-0.4, -0.2) is 147 Å². The number of Topliss-reactive ketones (excluding diaryl/α,β-unsaturated/α-hetero) is 7. The van der Waals surface area contributed by atoms with E-state index < -0.39 is 6.04 Å². The van der Waals surface area contributed by atoms with E-state index in [-0.39, 0.29) is 136 Å². The maximum atomic E-state index is 11.4. The molecule has 23 heteroatoms. The summed E-state index contributed by atoms with van der Waals surface area (Å²) in [5, 5.41) is 29.5. The van der Waals surface area contributed by atoms with Gasteiger partial charge in [0.1, 0.15) is 11.8 Å². The average Bonchev–Trinajstić information content (AvgIpc) is 1.22. The Morgan fingerprint density at radius 2 is 0.663 bits per heavy atom. The molecule has 0 aromatic carbocycles. The highest BCUT2D eigenvalue weighted by molar-refractivity contribution is 7.98. The Labute approximate surface area is 574 Å². The SMILES string of the molecule is CC(=O)/C=C(\C)NCC(C)=O.CC(=O)/C=C(\C)N[C@@H](C)C(C)=O.CC(=O)/C=C(\C)N[C@@H](CC(C)C)C(C)=O.CC(=O)/C=C(\C)N[C@@H](CO)C(C)=O.CC(=O)/C=C(\C)N[C@H](C(C)=O)C(C)C.CCC(C)[C@H](N/C(C)=C/C(C)=O)C(C)=O.CSCC[C@H](N/C(C)=C/C(C)=O)C(C)=O. The molecular formula is C72H123N7O15S. The third-order valence-corrected chi connectivity index (χ3v) is 13.0. The standard InChI is InChI=1S/2C12H21NO2.C11H19NO2S.C11H19NO2.C9H15NO3.C9H15NO2.C8H13NO2/c1-8(2)6-12(11(5)15)13-9(3)7-10(4)14;1-6-8(2)12(11(5)15)13-9(3)7-10(4)14;1-8(7-9(2)13)12-11(10(3)14)5-6-15-4;1-7(2)11(10(5)14)12-8(3)6-9(4)13;1-6(4-7(2)12)10-9(5-11)8(3)13;1-6(5-7(2)11)10-8(3)9(4)12;1-6(4-7(2)10)9-5-8(3)11/h2*7-8,12-13H,6H2,1-5H3;7,11-12H,5-6H2,1-4H3;6-7,11-12H,1-5H3;4,9-11H,5H2,1-3H3;5,8,10H,1-4H3;4,9H,5H2,1-3H3/b2*9-7+;8-7+;8-6+;6-4+;6-5+;6-4+/t12-;8?,12-;2*11-;9-;8-;/m000000./s1. The van der Waals surface area contributed by atoms with Crippen molar-refractivity contribution in [1.82, 2.24) is 37.2 Å². The van der Waals surface area contributed by atoms with Crippen LogP contribution in [-0.2, 0) is 67.1 Å². The molecule has 0 rings (SSSR count). The van der Waals surface area contributed by atoms with Gasteiger partial charge in [-0.2, -0.15) is 11.8 Å². The van der Waals surface area contributed by atoms with Crippen LogP contribution in [0, 0.1) is 17.8 Å². The lowest BCUT2D eigenvalue weighted by atomic mass is 9.96. The summed E-state index contributed by atoms with van der Waals surface area (Å²) in [4.78, 5) is 152. The van der Waals surface area contributed by atoms with E-state index in [1.165, 1.54) is 112 Å². The fourth-order valence-corrected chi connectivity index (χ4v) is 8.23. The third-order valence-electron chi connectivity index (χ3n) is 12.3. The van der Waals surface area contributed by atoms with Crippen LogP contribution in [0.2, 0.25) is 0 Å². The summed E-state index contributed by atoms with van der Waals surface area (Å²) >= 11 is 1.71. The van der Waals surface area contributed by atoms with Crippen LogP contribution in [0.15, 0.2) is 82.4 Å². The Morgan fingerprint density at radius 3 is 0.916 bits per heavy atom. The zero-order valence-corrected chi connectivity index (χ0v) is 63.9. The van der Waals surface area contributed by atoms with Gasteiger partial charge in [-0.15, -0.1) is 0 Å². The molecule has 0 aliphatic carbocycles. The first-order chi connectivity index (χ1) is 43.4. The van der Waals surface area contributed by atoms with E-state index in [1.54, 1.807) is 94.8 Å². The van der Waals surface area contributed by atoms with Crippen LogP contribution < -0.4 is 37.2 Å². The molecule has 0 fully saturated rings. The molecule has 0 spiro atoms. The number of hydrogen-bond donors (Lipinski definition) is 8. The second-order valence-corrected chi connectivity index (χ2v) is 25.2. The highest BCUT2D eigenvalue weighted by Crippen LogP contribution is 2.11. The fraction of sp³-hybridized carbons (Fsp3) is 0.611. The average molecular weight is 1360 g/mol. The predicted octanol–water partition coefficient (Wildman–Crippen LogP) is 9.33. The second kappa shape index (κ2) is 59.0. The van der Waals surface area contributed by atoms with Gasteiger partial charge < -0.3 is 42.3 Å². The van der Waals surface area contributed by atoms with Crippen molar-refractivity contribution < 1.29 is 72.2 Å². The molecule has 0 saturated carbocycles. The first-order valence-corrected chi connectivity index (χ1v) is 33.1. The van der Waals surface area contributed by atoms with Crippen LogP contribution in [0.5, 0.6) is 0 Å². The van der Waals surface area contributed by atoms with Crippen LogP contribution in [0.25, 0.3) is 0 Å². The highest BCUT2D eigenvalue weighted by Gasteiger charge is 2.21. The number of ketones is 14. The molecule has 0 saturated heterocycles. The minimum atomic E-state index is -0.615. The number of aliphatic hydroxyl groups is 1. The van der Waals surface area contributed by atoms with Crippen molar-refractivity contribution in [2.75, 3.05) is 25.2 Å². The number of carbonyl (C=O) groups is 14. The molecule has 7 atom stereocenters. The maximum absolute atomic E-state index is 11.4. The Balaban J connectivity index is -0.000000191. The summed E-state index contributed by atoms with van der Waals surface area (Å²) in [6.07, 6.45) is 14.9. The van der Waals surface area contributed by atoms with Gasteiger partial charge >= 0.3 is 0 Å². The van der Waals surface area contributed by atoms with Crippen LogP contribution in [0.3, 0.4) is 0 Å². The van der Waals surface area contributed by atoms with Crippen molar-refractivity contribution >= 4 is 92.7 Å². The zero-order chi connectivity index (χ0) is 76.2. The number of nitrogens with one attached hydrogen (secondary N) is 7. The largest absolute Gasteiger partial charge is 0.394 e. The van der Waals surface area contributed by atoms with Gasteiger partial charge in [-0.1, -0.05) is 48.0 Å². The maximum Gasteiger partial charge on any atom is 0.154 e. The summed E-state index contributed by atoms with van der Waals surface area (Å²) in [6.45, 7) is 47.4. The molecular weight excluding hydrogens is 1230 g/mol. The minimum Gasteiger partial charge on any atom is -0.394 e. The minimum absolute atomic E-state index is 0.00725. The third kappa shape index (κ3) is 70.6. The van der Waals surface area contributed by atoms with Crippen LogP contribution in [0.1, 0.15) is 213 Å². The van der Waals surface area contributed by atoms with E-state index in [1.807, 2.05) is 34.0 Å². The van der Waals surface area contributed by atoms with Crippen molar-refractivity contribution in [3.63, 3.8) is 0 Å². The lowest BCUT2D eigenvalue weighted by molar-refractivity contribution is -0.120. The molecule has 0 aliphatic rings. The molecule has 0 heterocycles. The van der Waals surface area contributed by atoms with Crippen molar-refractivity contribution in [3.8, 4) is 0 Å². The first kappa shape index (κ1) is 101. The van der Waals surface area contributed by atoms with Crippen molar-refractivity contribution in [2.24, 2.45) is 17.8 Å². The van der Waals surface area contributed by atoms with Crippen molar-refractivity contribution in [1.29, 1.82) is 0 Å². The number of aliphatic hydroxyl groups excluding tert-OH is 1. The number of rotatable bonds is 37. The zero-order valence-electron chi connectivity index (χ0n) is 63.1. The Kier molecular flexibility index (Phi) is 62.7. The topological polar surface area (TPSA) is 343 Å². The highest BCUT2D eigenvalue weighted by atomic mass is 32.2. The molecule has 8 N–H and O–H groups in total. The first-order valence-electron chi connectivity index (χ1n) is 31.7. The van der Waals surface area contributed by atoms with Crippen molar-refractivity contribution in [2.45, 2.75) is 249 Å². The van der Waals surface area contributed by atoms with Gasteiger partial charge in [0.15, 0.2) is 75.2 Å². The van der Waals surface area contributed by atoms with Crippen LogP contribution in [0.4, 0.5) is 0 Å². The Hall–Kier alpha value is -7.53. The summed E-state index contributed by atoms with van der Waals surface area (Å²) in [5.74, 6) is 2.12. The van der Waals surface area contributed by atoms with Gasteiger partial charge in [-0.25, -0.2) is 0 Å². The normalized spacial score (nSPS) is 13.7. The molecule has 0 aromatic rings. The summed E-state index contributed by atoms with van der Waals surface area (Å²) in [5.41, 5.74) is 5.04. The number of hydrogen-bond acceptors (Lipinski definition) is 23. The molecule has 0 aliphatic heterocycles. The Bertz CT molecular complexity index is 2710. The smallest absolute Gasteiger partial charge is 0.154 e. The predicted molar refractivity (Wildman–Crippen MR) is 385 cm³/mol. The fourth-order valence-electron chi connectivity index (χ4n) is 7.76. The van der Waals surface area contributed by atoms with E-state index >= 15 is 0 Å². The molecule has 1 unspecified atom stereocenters. The molecule has 542 valence electrons. The van der Waals surface area contributed by atoms with E-state index in [0.29, 0.717) is 11.6 Å². The Morgan fingerprint density at radius 1 is 0.368 bits per heavy atom. The number of allylic oxidation sites excluding steroid dienone is 14. The molecule has 0 radical (unpaired) electrons. The molecule has 0 aromatic heterocycles. The molecule has 22 nitrogen and oxygen atoms in total. The second-order valence-electron chi connectivity index (χ2n) is 24.2. The van der Waals surface area contributed by atoms with E-state index in [2.05, 4.69) is 51.1 Å². The monoisotopic (exact) mass is 1360 g/mol.